The SMILES string of the molecule is [C-]#[N+]c1cc(-c2nsc(-c3cccc(CCCC(=O)OCC)c3CC)n2)ccc1OC(C)C. The van der Waals surface area contributed by atoms with Crippen LogP contribution in [0.4, 0.5) is 5.69 Å². The van der Waals surface area contributed by atoms with E-state index in [2.05, 4.69) is 28.3 Å². The number of benzene rings is 2. The molecule has 0 aliphatic carbocycles. The molecule has 0 radical (unpaired) electrons. The van der Waals surface area contributed by atoms with E-state index in [1.165, 1.54) is 22.7 Å². The Bertz CT molecular complexity index is 1150. The minimum atomic E-state index is -0.149. The third kappa shape index (κ3) is 6.17. The third-order valence-corrected chi connectivity index (χ3v) is 5.86. The number of esters is 1. The fraction of sp³-hybridized carbons (Fsp3) is 0.385. The zero-order chi connectivity index (χ0) is 23.8. The molecular formula is C26H29N3O3S. The number of hydrogen-bond donors (Lipinski definition) is 0. The summed E-state index contributed by atoms with van der Waals surface area (Å²) in [4.78, 5) is 20.1. The lowest BCUT2D eigenvalue weighted by molar-refractivity contribution is -0.143. The van der Waals surface area contributed by atoms with Crippen LogP contribution in [0.25, 0.3) is 26.8 Å². The first-order valence-corrected chi connectivity index (χ1v) is 12.0. The van der Waals surface area contributed by atoms with Gasteiger partial charge in [0.05, 0.1) is 19.3 Å². The van der Waals surface area contributed by atoms with E-state index in [1.54, 1.807) is 6.07 Å². The van der Waals surface area contributed by atoms with Gasteiger partial charge in [-0.3, -0.25) is 4.79 Å². The summed E-state index contributed by atoms with van der Waals surface area (Å²) in [5, 5.41) is 0.848. The summed E-state index contributed by atoms with van der Waals surface area (Å²) in [7, 11) is 0. The molecule has 3 aromatic rings. The van der Waals surface area contributed by atoms with E-state index in [-0.39, 0.29) is 12.1 Å². The van der Waals surface area contributed by atoms with Crippen LogP contribution in [0.3, 0.4) is 0 Å². The van der Waals surface area contributed by atoms with Crippen molar-refractivity contribution in [1.82, 2.24) is 9.36 Å². The Balaban J connectivity index is 1.84. The molecule has 1 aromatic heterocycles. The van der Waals surface area contributed by atoms with E-state index in [0.717, 1.165) is 35.4 Å². The van der Waals surface area contributed by atoms with Crippen molar-refractivity contribution in [2.45, 2.75) is 59.5 Å². The Labute approximate surface area is 199 Å². The first-order valence-electron chi connectivity index (χ1n) is 11.3. The highest BCUT2D eigenvalue weighted by Crippen LogP contribution is 2.35. The van der Waals surface area contributed by atoms with Gasteiger partial charge in [0.1, 0.15) is 10.8 Å². The molecule has 0 amide bonds. The second-order valence-electron chi connectivity index (χ2n) is 7.84. The number of nitrogens with zero attached hydrogens (tertiary/aromatic N) is 3. The van der Waals surface area contributed by atoms with Crippen molar-refractivity contribution in [1.29, 1.82) is 0 Å². The lowest BCUT2D eigenvalue weighted by Gasteiger charge is -2.12. The number of rotatable bonds is 10. The third-order valence-electron chi connectivity index (χ3n) is 5.12. The molecule has 6 nitrogen and oxygen atoms in total. The zero-order valence-corrected chi connectivity index (χ0v) is 20.4. The van der Waals surface area contributed by atoms with Crippen LogP contribution in [0, 0.1) is 6.57 Å². The monoisotopic (exact) mass is 463 g/mol. The van der Waals surface area contributed by atoms with E-state index in [1.807, 2.05) is 39.0 Å². The van der Waals surface area contributed by atoms with Crippen LogP contribution in [0.1, 0.15) is 51.7 Å². The fourth-order valence-electron chi connectivity index (χ4n) is 3.69. The van der Waals surface area contributed by atoms with Crippen LogP contribution >= 0.6 is 11.5 Å². The summed E-state index contributed by atoms with van der Waals surface area (Å²) in [6.07, 6.45) is 2.85. The predicted molar refractivity (Wildman–Crippen MR) is 132 cm³/mol. The molecule has 0 atom stereocenters. The molecule has 0 spiro atoms. The van der Waals surface area contributed by atoms with Gasteiger partial charge >= 0.3 is 5.97 Å². The van der Waals surface area contributed by atoms with Crippen LogP contribution in [0.5, 0.6) is 5.75 Å². The predicted octanol–water partition coefficient (Wildman–Crippen LogP) is 6.66. The van der Waals surface area contributed by atoms with Crippen molar-refractivity contribution in [2.75, 3.05) is 6.61 Å². The molecule has 2 aromatic carbocycles. The summed E-state index contributed by atoms with van der Waals surface area (Å²) in [6, 6.07) is 11.7. The minimum absolute atomic E-state index is 0.00242. The second kappa shape index (κ2) is 11.6. The molecule has 172 valence electrons. The maximum Gasteiger partial charge on any atom is 0.305 e. The van der Waals surface area contributed by atoms with Crippen LogP contribution in [0.2, 0.25) is 0 Å². The van der Waals surface area contributed by atoms with Crippen LogP contribution in [0.15, 0.2) is 36.4 Å². The van der Waals surface area contributed by atoms with Crippen molar-refractivity contribution in [3.05, 3.63) is 58.9 Å². The minimum Gasteiger partial charge on any atom is -0.502 e. The van der Waals surface area contributed by atoms with E-state index < -0.39 is 0 Å². The number of aromatic nitrogens is 2. The van der Waals surface area contributed by atoms with E-state index >= 15 is 0 Å². The summed E-state index contributed by atoms with van der Waals surface area (Å²) in [5.74, 6) is 1.03. The van der Waals surface area contributed by atoms with E-state index in [9.17, 15) is 4.79 Å². The summed E-state index contributed by atoms with van der Waals surface area (Å²) >= 11 is 1.36. The molecule has 0 unspecified atom stereocenters. The smallest absolute Gasteiger partial charge is 0.305 e. The second-order valence-corrected chi connectivity index (χ2v) is 8.59. The molecule has 0 saturated heterocycles. The van der Waals surface area contributed by atoms with Crippen molar-refractivity contribution in [3.63, 3.8) is 0 Å². The van der Waals surface area contributed by atoms with Crippen molar-refractivity contribution in [3.8, 4) is 27.7 Å². The van der Waals surface area contributed by atoms with Gasteiger partial charge in [-0.05, 0) is 74.8 Å². The first-order chi connectivity index (χ1) is 16.0. The standard InChI is InChI=1S/C26H29N3O3S/c1-6-20-18(11-9-13-24(30)31-7-2)10-8-12-21(20)26-28-25(29-33-26)19-14-15-23(32-17(3)4)22(16-19)27-5/h8,10,12,14-17H,6-7,9,11,13H2,1-4H3. The normalized spacial score (nSPS) is 10.8. The van der Waals surface area contributed by atoms with Gasteiger partial charge in [0.2, 0.25) is 5.69 Å². The number of carbonyl (C=O) groups excluding carboxylic acids is 1. The topological polar surface area (TPSA) is 65.7 Å². The summed E-state index contributed by atoms with van der Waals surface area (Å²) in [6.45, 7) is 15.7. The zero-order valence-electron chi connectivity index (χ0n) is 19.6. The van der Waals surface area contributed by atoms with Gasteiger partial charge in [0, 0.05) is 17.5 Å². The Morgan fingerprint density at radius 2 is 2.03 bits per heavy atom. The van der Waals surface area contributed by atoms with Crippen molar-refractivity contribution < 1.29 is 14.3 Å². The Morgan fingerprint density at radius 1 is 1.21 bits per heavy atom. The maximum atomic E-state index is 11.7. The molecule has 0 aliphatic heterocycles. The van der Waals surface area contributed by atoms with Crippen molar-refractivity contribution in [2.24, 2.45) is 0 Å². The maximum absolute atomic E-state index is 11.7. The molecule has 33 heavy (non-hydrogen) atoms. The molecule has 7 heteroatoms. The van der Waals surface area contributed by atoms with Gasteiger partial charge in [-0.25, -0.2) is 9.83 Å². The van der Waals surface area contributed by atoms with E-state index in [4.69, 9.17) is 21.0 Å². The number of aryl methyl sites for hydroxylation is 1. The van der Waals surface area contributed by atoms with Gasteiger partial charge in [-0.1, -0.05) is 31.2 Å². The van der Waals surface area contributed by atoms with E-state index in [0.29, 0.717) is 30.3 Å². The first kappa shape index (κ1) is 24.4. The highest BCUT2D eigenvalue weighted by molar-refractivity contribution is 7.09. The summed E-state index contributed by atoms with van der Waals surface area (Å²) in [5.41, 5.74) is 4.77. The van der Waals surface area contributed by atoms with Crippen LogP contribution in [-0.4, -0.2) is 28.0 Å². The molecule has 0 saturated carbocycles. The quantitative estimate of drug-likeness (QED) is 0.248. The van der Waals surface area contributed by atoms with Gasteiger partial charge in [-0.2, -0.15) is 4.37 Å². The van der Waals surface area contributed by atoms with Gasteiger partial charge in [0.15, 0.2) is 5.82 Å². The average Bonchev–Trinajstić information content (AvgIpc) is 3.29. The highest BCUT2D eigenvalue weighted by Gasteiger charge is 2.16. The fourth-order valence-corrected chi connectivity index (χ4v) is 4.43. The molecule has 0 N–H and O–H groups in total. The van der Waals surface area contributed by atoms with Crippen LogP contribution < -0.4 is 4.74 Å². The molecule has 0 aliphatic rings. The number of carbonyl (C=O) groups is 1. The largest absolute Gasteiger partial charge is 0.502 e. The Hall–Kier alpha value is -3.24. The van der Waals surface area contributed by atoms with Gasteiger partial charge in [-0.15, -0.1) is 0 Å². The molecule has 1 heterocycles. The molecule has 3 rings (SSSR count). The van der Waals surface area contributed by atoms with Crippen LogP contribution in [-0.2, 0) is 22.4 Å². The van der Waals surface area contributed by atoms with Crippen molar-refractivity contribution >= 4 is 23.2 Å². The summed E-state index contributed by atoms with van der Waals surface area (Å²) < 4.78 is 15.3. The number of ether oxygens (including phenoxy) is 2. The average molecular weight is 464 g/mol. The molecule has 0 fully saturated rings. The lowest BCUT2D eigenvalue weighted by Crippen LogP contribution is -2.05. The molecule has 0 bridgehead atoms. The Morgan fingerprint density at radius 3 is 2.73 bits per heavy atom. The lowest BCUT2D eigenvalue weighted by atomic mass is 9.95. The highest BCUT2D eigenvalue weighted by atomic mass is 32.1. The number of hydrogen-bond acceptors (Lipinski definition) is 6. The van der Waals surface area contributed by atoms with Gasteiger partial charge in [0.25, 0.3) is 0 Å². The Kier molecular flexibility index (Phi) is 8.56. The molecular weight excluding hydrogens is 434 g/mol. The van der Waals surface area contributed by atoms with Gasteiger partial charge < -0.3 is 9.47 Å².